The van der Waals surface area contributed by atoms with Crippen LogP contribution in [0.2, 0.25) is 0 Å². The van der Waals surface area contributed by atoms with Gasteiger partial charge in [-0.1, -0.05) is 12.1 Å². The molecule has 2 aromatic carbocycles. The fraction of sp³-hybridized carbons (Fsp3) is 0.231. The van der Waals surface area contributed by atoms with Crippen LogP contribution in [0.25, 0.3) is 0 Å². The number of hydrogen-bond acceptors (Lipinski definition) is 4. The van der Waals surface area contributed by atoms with Crippen molar-refractivity contribution in [1.82, 2.24) is 9.80 Å². The number of thiophene rings is 1. The molecular formula is C26H24F2N2O3S. The van der Waals surface area contributed by atoms with Crippen LogP contribution in [0.4, 0.5) is 8.78 Å². The standard InChI is InChI=1S/C26H24F2N2O3S/c1-2-12-29(26(32)18-4-3-5-20(28)15-18)16-25(31)30-13-10-24-22(11-14-34-24)23(30)17-33-21-8-6-19(27)7-9-21/h2-9,11,14-15,23H,1,10,12-13,16-17H2/t23-/m0/s1. The summed E-state index contributed by atoms with van der Waals surface area (Å²) in [4.78, 5) is 30.6. The van der Waals surface area contributed by atoms with E-state index in [4.69, 9.17) is 4.74 Å². The Balaban J connectivity index is 1.52. The number of hydrogen-bond donors (Lipinski definition) is 0. The Morgan fingerprint density at radius 1 is 1.15 bits per heavy atom. The van der Waals surface area contributed by atoms with E-state index >= 15 is 0 Å². The van der Waals surface area contributed by atoms with Crippen LogP contribution in [0.5, 0.6) is 5.75 Å². The molecule has 176 valence electrons. The molecule has 0 N–H and O–H groups in total. The van der Waals surface area contributed by atoms with Crippen molar-refractivity contribution in [1.29, 1.82) is 0 Å². The van der Waals surface area contributed by atoms with Crippen LogP contribution >= 0.6 is 11.3 Å². The molecule has 3 aromatic rings. The molecule has 1 aliphatic heterocycles. The van der Waals surface area contributed by atoms with E-state index in [2.05, 4.69) is 6.58 Å². The second-order valence-electron chi connectivity index (χ2n) is 7.90. The second kappa shape index (κ2) is 10.6. The van der Waals surface area contributed by atoms with Crippen LogP contribution < -0.4 is 4.74 Å². The number of fused-ring (bicyclic) bond motifs is 1. The second-order valence-corrected chi connectivity index (χ2v) is 8.90. The highest BCUT2D eigenvalue weighted by Gasteiger charge is 2.33. The molecule has 34 heavy (non-hydrogen) atoms. The lowest BCUT2D eigenvalue weighted by Crippen LogP contribution is -2.47. The first-order valence-corrected chi connectivity index (χ1v) is 11.7. The summed E-state index contributed by atoms with van der Waals surface area (Å²) in [6.07, 6.45) is 2.25. The number of carbonyl (C=O) groups excluding carboxylic acids is 2. The Kier molecular flexibility index (Phi) is 7.37. The van der Waals surface area contributed by atoms with Gasteiger partial charge in [0.1, 0.15) is 30.5 Å². The molecule has 0 aliphatic carbocycles. The predicted octanol–water partition coefficient (Wildman–Crippen LogP) is 4.86. The molecule has 1 aliphatic rings. The van der Waals surface area contributed by atoms with Gasteiger partial charge in [0.15, 0.2) is 0 Å². The fourth-order valence-electron chi connectivity index (χ4n) is 4.01. The molecular weight excluding hydrogens is 458 g/mol. The highest BCUT2D eigenvalue weighted by atomic mass is 32.1. The highest BCUT2D eigenvalue weighted by Crippen LogP contribution is 2.34. The molecule has 2 heterocycles. The third-order valence-electron chi connectivity index (χ3n) is 5.67. The minimum atomic E-state index is -0.519. The van der Waals surface area contributed by atoms with Crippen molar-refractivity contribution >= 4 is 23.2 Å². The summed E-state index contributed by atoms with van der Waals surface area (Å²) in [5.41, 5.74) is 1.18. The Morgan fingerprint density at radius 2 is 1.94 bits per heavy atom. The topological polar surface area (TPSA) is 49.9 Å². The highest BCUT2D eigenvalue weighted by molar-refractivity contribution is 7.10. The van der Waals surface area contributed by atoms with E-state index in [9.17, 15) is 18.4 Å². The first kappa shape index (κ1) is 23.6. The summed E-state index contributed by atoms with van der Waals surface area (Å²) >= 11 is 1.64. The molecule has 0 radical (unpaired) electrons. The molecule has 1 atom stereocenters. The van der Waals surface area contributed by atoms with Gasteiger partial charge in [-0.3, -0.25) is 9.59 Å². The molecule has 2 amide bonds. The van der Waals surface area contributed by atoms with Crippen molar-refractivity contribution in [2.45, 2.75) is 12.5 Å². The summed E-state index contributed by atoms with van der Waals surface area (Å²) in [7, 11) is 0. The number of carbonyl (C=O) groups is 2. The maximum Gasteiger partial charge on any atom is 0.254 e. The number of benzene rings is 2. The van der Waals surface area contributed by atoms with Gasteiger partial charge in [0.2, 0.25) is 5.91 Å². The van der Waals surface area contributed by atoms with Gasteiger partial charge in [-0.2, -0.15) is 0 Å². The maximum absolute atomic E-state index is 13.6. The van der Waals surface area contributed by atoms with Crippen LogP contribution in [0, 0.1) is 11.6 Å². The van der Waals surface area contributed by atoms with Crippen LogP contribution in [-0.4, -0.2) is 47.9 Å². The van der Waals surface area contributed by atoms with Gasteiger partial charge in [-0.15, -0.1) is 17.9 Å². The molecule has 8 heteroatoms. The summed E-state index contributed by atoms with van der Waals surface area (Å²) in [5.74, 6) is -1.05. The fourth-order valence-corrected chi connectivity index (χ4v) is 4.94. The Hall–Kier alpha value is -3.52. The zero-order valence-electron chi connectivity index (χ0n) is 18.5. The molecule has 0 saturated carbocycles. The van der Waals surface area contributed by atoms with Crippen LogP contribution in [0.15, 0.2) is 72.6 Å². The maximum atomic E-state index is 13.6. The van der Waals surface area contributed by atoms with E-state index < -0.39 is 11.7 Å². The van der Waals surface area contributed by atoms with Crippen LogP contribution in [-0.2, 0) is 11.2 Å². The van der Waals surface area contributed by atoms with Gasteiger partial charge in [-0.05, 0) is 65.9 Å². The minimum Gasteiger partial charge on any atom is -0.491 e. The van der Waals surface area contributed by atoms with E-state index in [-0.39, 0.29) is 43.0 Å². The van der Waals surface area contributed by atoms with Crippen LogP contribution in [0.1, 0.15) is 26.8 Å². The molecule has 1 aromatic heterocycles. The molecule has 0 saturated heterocycles. The molecule has 0 unspecified atom stereocenters. The molecule has 4 rings (SSSR count). The normalized spacial score (nSPS) is 14.9. The van der Waals surface area contributed by atoms with Gasteiger partial charge in [0.05, 0.1) is 6.04 Å². The van der Waals surface area contributed by atoms with Crippen molar-refractivity contribution in [3.8, 4) is 5.75 Å². The van der Waals surface area contributed by atoms with E-state index in [1.54, 1.807) is 28.4 Å². The van der Waals surface area contributed by atoms with Crippen LogP contribution in [0.3, 0.4) is 0 Å². The largest absolute Gasteiger partial charge is 0.491 e. The quantitative estimate of drug-likeness (QED) is 0.431. The van der Waals surface area contributed by atoms with Crippen molar-refractivity contribution in [2.75, 3.05) is 26.2 Å². The van der Waals surface area contributed by atoms with Crippen molar-refractivity contribution in [2.24, 2.45) is 0 Å². The zero-order chi connectivity index (χ0) is 24.1. The first-order chi connectivity index (χ1) is 16.5. The van der Waals surface area contributed by atoms with E-state index in [0.29, 0.717) is 18.7 Å². The summed E-state index contributed by atoms with van der Waals surface area (Å²) in [6, 6.07) is 12.8. The third kappa shape index (κ3) is 5.34. The molecule has 5 nitrogen and oxygen atoms in total. The average molecular weight is 483 g/mol. The summed E-state index contributed by atoms with van der Waals surface area (Å²) in [5, 5.41) is 1.99. The number of amides is 2. The Bertz CT molecular complexity index is 1180. The van der Waals surface area contributed by atoms with Crippen molar-refractivity contribution in [3.05, 3.63) is 100 Å². The third-order valence-corrected chi connectivity index (χ3v) is 6.67. The lowest BCUT2D eigenvalue weighted by molar-refractivity contribution is -0.135. The van der Waals surface area contributed by atoms with Crippen molar-refractivity contribution in [3.63, 3.8) is 0 Å². The van der Waals surface area contributed by atoms with Gasteiger partial charge < -0.3 is 14.5 Å². The van der Waals surface area contributed by atoms with E-state index in [0.717, 1.165) is 11.6 Å². The number of rotatable bonds is 8. The molecule has 0 spiro atoms. The number of halogens is 2. The minimum absolute atomic E-state index is 0.148. The summed E-state index contributed by atoms with van der Waals surface area (Å²) < 4.78 is 32.8. The van der Waals surface area contributed by atoms with E-state index in [1.807, 2.05) is 11.4 Å². The van der Waals surface area contributed by atoms with Gasteiger partial charge in [0.25, 0.3) is 5.91 Å². The smallest absolute Gasteiger partial charge is 0.254 e. The Labute approximate surface area is 200 Å². The zero-order valence-corrected chi connectivity index (χ0v) is 19.3. The Morgan fingerprint density at radius 3 is 2.68 bits per heavy atom. The summed E-state index contributed by atoms with van der Waals surface area (Å²) in [6.45, 7) is 4.34. The SMILES string of the molecule is C=CCN(CC(=O)N1CCc2sccc2[C@@H]1COc1ccc(F)cc1)C(=O)c1cccc(F)c1. The van der Waals surface area contributed by atoms with E-state index in [1.165, 1.54) is 46.2 Å². The monoisotopic (exact) mass is 482 g/mol. The van der Waals surface area contributed by atoms with Crippen molar-refractivity contribution < 1.29 is 23.1 Å². The van der Waals surface area contributed by atoms with Gasteiger partial charge >= 0.3 is 0 Å². The number of nitrogens with zero attached hydrogens (tertiary/aromatic N) is 2. The number of ether oxygens (including phenoxy) is 1. The lowest BCUT2D eigenvalue weighted by atomic mass is 10.0. The van der Waals surface area contributed by atoms with Gasteiger partial charge in [0, 0.05) is 23.5 Å². The first-order valence-electron chi connectivity index (χ1n) is 10.9. The predicted molar refractivity (Wildman–Crippen MR) is 127 cm³/mol. The molecule has 0 fully saturated rings. The van der Waals surface area contributed by atoms with Gasteiger partial charge in [-0.25, -0.2) is 8.78 Å². The average Bonchev–Trinajstić information content (AvgIpc) is 3.32. The molecule has 0 bridgehead atoms. The lowest BCUT2D eigenvalue weighted by Gasteiger charge is -2.37.